The molecule has 6 heteroatoms. The van der Waals surface area contributed by atoms with Crippen LogP contribution in [0.4, 0.5) is 0 Å². The topological polar surface area (TPSA) is 52.0 Å². The van der Waals surface area contributed by atoms with Crippen LogP contribution in [-0.4, -0.2) is 28.4 Å². The molecule has 0 fully saturated rings. The Morgan fingerprint density at radius 2 is 2.05 bits per heavy atom. The number of hydrogen-bond acceptors (Lipinski definition) is 5. The van der Waals surface area contributed by atoms with E-state index in [0.29, 0.717) is 6.04 Å². The SMILES string of the molecule is CCCNC(C)c1sc(-c2c(C)nn(C)c2OC)nc1C. The van der Waals surface area contributed by atoms with E-state index in [-0.39, 0.29) is 0 Å². The minimum absolute atomic E-state index is 0.319. The number of methoxy groups -OCH3 is 1. The highest BCUT2D eigenvalue weighted by Crippen LogP contribution is 2.38. The predicted octanol–water partition coefficient (Wildman–Crippen LogP) is 3.23. The second kappa shape index (κ2) is 6.58. The van der Waals surface area contributed by atoms with Gasteiger partial charge in [0.25, 0.3) is 0 Å². The van der Waals surface area contributed by atoms with Crippen LogP contribution in [0.3, 0.4) is 0 Å². The first-order valence-electron chi connectivity index (χ1n) is 7.28. The summed E-state index contributed by atoms with van der Waals surface area (Å²) in [6, 6.07) is 0.319. The fraction of sp³-hybridized carbons (Fsp3) is 0.600. The summed E-state index contributed by atoms with van der Waals surface area (Å²) in [4.78, 5) is 6.02. The summed E-state index contributed by atoms with van der Waals surface area (Å²) >= 11 is 1.72. The standard InChI is InChI=1S/C15H24N4OS/c1-7-8-16-10(3)13-11(4)17-14(21-13)12-9(2)18-19(5)15(12)20-6/h10,16H,7-8H2,1-6H3. The number of aromatic nitrogens is 3. The zero-order valence-corrected chi connectivity index (χ0v) is 14.5. The molecular weight excluding hydrogens is 284 g/mol. The Kier molecular flexibility index (Phi) is 5.00. The lowest BCUT2D eigenvalue weighted by Crippen LogP contribution is -2.18. The largest absolute Gasteiger partial charge is 0.481 e. The molecule has 1 unspecified atom stereocenters. The monoisotopic (exact) mass is 308 g/mol. The fourth-order valence-electron chi connectivity index (χ4n) is 2.49. The van der Waals surface area contributed by atoms with Crippen LogP contribution in [0.15, 0.2) is 0 Å². The Labute approximate surface area is 130 Å². The molecule has 1 N–H and O–H groups in total. The average Bonchev–Trinajstić information content (AvgIpc) is 2.95. The molecule has 0 aliphatic rings. The van der Waals surface area contributed by atoms with Gasteiger partial charge in [0.1, 0.15) is 5.01 Å². The van der Waals surface area contributed by atoms with Crippen molar-refractivity contribution < 1.29 is 4.74 Å². The number of aryl methyl sites for hydroxylation is 3. The third-order valence-corrected chi connectivity index (χ3v) is 4.86. The molecule has 2 rings (SSSR count). The van der Waals surface area contributed by atoms with Crippen LogP contribution < -0.4 is 10.1 Å². The van der Waals surface area contributed by atoms with Crippen LogP contribution in [0.25, 0.3) is 10.6 Å². The van der Waals surface area contributed by atoms with Crippen molar-refractivity contribution in [3.63, 3.8) is 0 Å². The van der Waals surface area contributed by atoms with Crippen LogP contribution in [-0.2, 0) is 7.05 Å². The molecule has 2 aromatic rings. The van der Waals surface area contributed by atoms with Gasteiger partial charge in [-0.1, -0.05) is 6.92 Å². The van der Waals surface area contributed by atoms with Gasteiger partial charge < -0.3 is 10.1 Å². The van der Waals surface area contributed by atoms with Gasteiger partial charge >= 0.3 is 0 Å². The van der Waals surface area contributed by atoms with E-state index in [0.717, 1.165) is 40.8 Å². The molecule has 2 heterocycles. The lowest BCUT2D eigenvalue weighted by atomic mass is 10.2. The first-order valence-corrected chi connectivity index (χ1v) is 8.09. The van der Waals surface area contributed by atoms with Crippen LogP contribution in [0, 0.1) is 13.8 Å². The van der Waals surface area contributed by atoms with Crippen molar-refractivity contribution >= 4 is 11.3 Å². The Hall–Kier alpha value is -1.40. The average molecular weight is 308 g/mol. The van der Waals surface area contributed by atoms with Crippen molar-refractivity contribution in [1.29, 1.82) is 0 Å². The van der Waals surface area contributed by atoms with Crippen molar-refractivity contribution in [2.45, 2.75) is 40.2 Å². The van der Waals surface area contributed by atoms with Gasteiger partial charge in [-0.25, -0.2) is 9.67 Å². The van der Waals surface area contributed by atoms with Crippen molar-refractivity contribution in [2.24, 2.45) is 7.05 Å². The summed E-state index contributed by atoms with van der Waals surface area (Å²) in [5.41, 5.74) is 3.03. The van der Waals surface area contributed by atoms with Gasteiger partial charge in [-0.2, -0.15) is 5.10 Å². The van der Waals surface area contributed by atoms with Crippen LogP contribution in [0.1, 0.15) is 42.6 Å². The summed E-state index contributed by atoms with van der Waals surface area (Å²) in [5, 5.41) is 8.94. The molecule has 0 saturated heterocycles. The minimum Gasteiger partial charge on any atom is -0.481 e. The van der Waals surface area contributed by atoms with Gasteiger partial charge in [-0.3, -0.25) is 0 Å². The number of ether oxygens (including phenoxy) is 1. The lowest BCUT2D eigenvalue weighted by Gasteiger charge is -2.11. The third kappa shape index (κ3) is 3.11. The Morgan fingerprint density at radius 1 is 1.33 bits per heavy atom. The van der Waals surface area contributed by atoms with E-state index in [1.54, 1.807) is 23.1 Å². The highest BCUT2D eigenvalue weighted by molar-refractivity contribution is 7.15. The van der Waals surface area contributed by atoms with E-state index in [1.807, 2.05) is 14.0 Å². The molecule has 1 atom stereocenters. The first kappa shape index (κ1) is 16.0. The van der Waals surface area contributed by atoms with E-state index in [2.05, 4.69) is 31.2 Å². The number of nitrogens with one attached hydrogen (secondary N) is 1. The van der Waals surface area contributed by atoms with Crippen molar-refractivity contribution in [2.75, 3.05) is 13.7 Å². The van der Waals surface area contributed by atoms with Crippen molar-refractivity contribution in [3.05, 3.63) is 16.3 Å². The van der Waals surface area contributed by atoms with E-state index >= 15 is 0 Å². The maximum atomic E-state index is 5.48. The molecule has 0 saturated carbocycles. The van der Waals surface area contributed by atoms with Crippen LogP contribution in [0.5, 0.6) is 5.88 Å². The van der Waals surface area contributed by atoms with Gasteiger partial charge in [-0.05, 0) is 33.7 Å². The zero-order valence-electron chi connectivity index (χ0n) is 13.6. The highest BCUT2D eigenvalue weighted by Gasteiger charge is 2.22. The molecule has 116 valence electrons. The normalized spacial score (nSPS) is 12.7. The maximum absolute atomic E-state index is 5.48. The smallest absolute Gasteiger partial charge is 0.222 e. The molecule has 0 spiro atoms. The number of rotatable bonds is 6. The number of thiazole rings is 1. The molecule has 0 amide bonds. The highest BCUT2D eigenvalue weighted by atomic mass is 32.1. The predicted molar refractivity (Wildman–Crippen MR) is 87.1 cm³/mol. The molecule has 5 nitrogen and oxygen atoms in total. The molecule has 0 bridgehead atoms. The maximum Gasteiger partial charge on any atom is 0.222 e. The second-order valence-electron chi connectivity index (χ2n) is 5.24. The summed E-state index contributed by atoms with van der Waals surface area (Å²) in [6.45, 7) is 9.44. The van der Waals surface area contributed by atoms with Gasteiger partial charge in [-0.15, -0.1) is 11.3 Å². The molecule has 0 aliphatic carbocycles. The Balaban J connectivity index is 2.39. The zero-order chi connectivity index (χ0) is 15.6. The Bertz CT molecular complexity index is 617. The van der Waals surface area contributed by atoms with E-state index in [1.165, 1.54) is 4.88 Å². The van der Waals surface area contributed by atoms with E-state index in [9.17, 15) is 0 Å². The summed E-state index contributed by atoms with van der Waals surface area (Å²) in [7, 11) is 3.56. The summed E-state index contributed by atoms with van der Waals surface area (Å²) in [5.74, 6) is 0.766. The van der Waals surface area contributed by atoms with Crippen molar-refractivity contribution in [1.82, 2.24) is 20.1 Å². The van der Waals surface area contributed by atoms with Crippen LogP contribution in [0.2, 0.25) is 0 Å². The quantitative estimate of drug-likeness (QED) is 0.890. The Morgan fingerprint density at radius 3 is 2.67 bits per heavy atom. The molecular formula is C15H24N4OS. The molecule has 0 radical (unpaired) electrons. The van der Waals surface area contributed by atoms with Gasteiger partial charge in [0.2, 0.25) is 5.88 Å². The summed E-state index contributed by atoms with van der Waals surface area (Å²) in [6.07, 6.45) is 1.13. The molecule has 0 aromatic carbocycles. The third-order valence-electron chi connectivity index (χ3n) is 3.50. The van der Waals surface area contributed by atoms with Gasteiger partial charge in [0, 0.05) is 18.0 Å². The first-order chi connectivity index (χ1) is 9.99. The molecule has 0 aliphatic heterocycles. The van der Waals surface area contributed by atoms with E-state index < -0.39 is 0 Å². The molecule has 2 aromatic heterocycles. The number of nitrogens with zero attached hydrogens (tertiary/aromatic N) is 3. The van der Waals surface area contributed by atoms with E-state index in [4.69, 9.17) is 9.72 Å². The lowest BCUT2D eigenvalue weighted by molar-refractivity contribution is 0.375. The minimum atomic E-state index is 0.319. The van der Waals surface area contributed by atoms with Gasteiger partial charge in [0.15, 0.2) is 0 Å². The van der Waals surface area contributed by atoms with Gasteiger partial charge in [0.05, 0.1) is 24.1 Å². The molecule has 21 heavy (non-hydrogen) atoms. The van der Waals surface area contributed by atoms with Crippen molar-refractivity contribution in [3.8, 4) is 16.5 Å². The fourth-order valence-corrected chi connectivity index (χ4v) is 3.67. The second-order valence-corrected chi connectivity index (χ2v) is 6.27. The number of hydrogen-bond donors (Lipinski definition) is 1. The summed E-state index contributed by atoms with van der Waals surface area (Å²) < 4.78 is 7.24. The van der Waals surface area contributed by atoms with Crippen LogP contribution >= 0.6 is 11.3 Å².